The molecule has 74 valence electrons. The molecule has 0 amide bonds. The van der Waals surface area contributed by atoms with Crippen molar-refractivity contribution in [2.24, 2.45) is 0 Å². The van der Waals surface area contributed by atoms with Crippen molar-refractivity contribution in [3.8, 4) is 0 Å². The molecule has 1 aromatic rings. The van der Waals surface area contributed by atoms with E-state index in [1.165, 1.54) is 6.08 Å². The number of benzene rings is 1. The second-order valence-electron chi connectivity index (χ2n) is 2.95. The van der Waals surface area contributed by atoms with Crippen LogP contribution in [0.3, 0.4) is 0 Å². The molecule has 1 aromatic carbocycles. The van der Waals surface area contributed by atoms with E-state index in [-0.39, 0.29) is 5.97 Å². The standard InChI is InChI=1S/C12H14O2/c1-3-14-12(13)9-10(2)11-7-5-4-6-8-11/h4-9H,3H2,1-2H3/b10-9-. The summed E-state index contributed by atoms with van der Waals surface area (Å²) in [4.78, 5) is 11.1. The molecule has 0 saturated carbocycles. The predicted octanol–water partition coefficient (Wildman–Crippen LogP) is 2.65. The average molecular weight is 190 g/mol. The van der Waals surface area contributed by atoms with Crippen molar-refractivity contribution in [3.05, 3.63) is 42.0 Å². The summed E-state index contributed by atoms with van der Waals surface area (Å²) in [5.41, 5.74) is 1.96. The van der Waals surface area contributed by atoms with Gasteiger partial charge in [-0.15, -0.1) is 0 Å². The van der Waals surface area contributed by atoms with Crippen LogP contribution in [-0.4, -0.2) is 12.6 Å². The first-order valence-corrected chi connectivity index (χ1v) is 4.64. The Hall–Kier alpha value is -1.57. The molecule has 0 heterocycles. The highest BCUT2D eigenvalue weighted by atomic mass is 16.5. The first-order chi connectivity index (χ1) is 6.74. The fourth-order valence-corrected chi connectivity index (χ4v) is 1.15. The summed E-state index contributed by atoms with van der Waals surface area (Å²) in [5, 5.41) is 0. The summed E-state index contributed by atoms with van der Waals surface area (Å²) in [6.45, 7) is 4.10. The molecule has 0 aliphatic carbocycles. The molecule has 2 nitrogen and oxygen atoms in total. The minimum Gasteiger partial charge on any atom is -0.463 e. The van der Waals surface area contributed by atoms with Crippen molar-refractivity contribution < 1.29 is 9.53 Å². The lowest BCUT2D eigenvalue weighted by Crippen LogP contribution is -2.00. The van der Waals surface area contributed by atoms with Crippen LogP contribution in [0, 0.1) is 0 Å². The van der Waals surface area contributed by atoms with Crippen LogP contribution in [0.15, 0.2) is 36.4 Å². The molecule has 0 bridgehead atoms. The number of rotatable bonds is 3. The van der Waals surface area contributed by atoms with E-state index < -0.39 is 0 Å². The Kier molecular flexibility index (Phi) is 3.92. The largest absolute Gasteiger partial charge is 0.463 e. The van der Waals surface area contributed by atoms with Gasteiger partial charge in [-0.25, -0.2) is 4.79 Å². The van der Waals surface area contributed by atoms with Crippen LogP contribution in [0.4, 0.5) is 0 Å². The summed E-state index contributed by atoms with van der Waals surface area (Å²) in [6.07, 6.45) is 1.51. The lowest BCUT2D eigenvalue weighted by molar-refractivity contribution is -0.137. The number of hydrogen-bond donors (Lipinski definition) is 0. The second kappa shape index (κ2) is 5.22. The van der Waals surface area contributed by atoms with E-state index in [1.807, 2.05) is 37.3 Å². The molecule has 1 rings (SSSR count). The second-order valence-corrected chi connectivity index (χ2v) is 2.95. The van der Waals surface area contributed by atoms with Crippen LogP contribution in [0.1, 0.15) is 19.4 Å². The van der Waals surface area contributed by atoms with Gasteiger partial charge in [-0.1, -0.05) is 30.3 Å². The molecule has 0 saturated heterocycles. The highest BCUT2D eigenvalue weighted by Crippen LogP contribution is 2.12. The molecule has 0 fully saturated rings. The number of carbonyl (C=O) groups excluding carboxylic acids is 1. The highest BCUT2D eigenvalue weighted by molar-refractivity contribution is 5.90. The zero-order chi connectivity index (χ0) is 10.4. The summed E-state index contributed by atoms with van der Waals surface area (Å²) < 4.78 is 4.82. The monoisotopic (exact) mass is 190 g/mol. The Bertz CT molecular complexity index is 325. The molecule has 0 spiro atoms. The topological polar surface area (TPSA) is 26.3 Å². The first-order valence-electron chi connectivity index (χ1n) is 4.64. The van der Waals surface area contributed by atoms with Crippen molar-refractivity contribution in [3.63, 3.8) is 0 Å². The van der Waals surface area contributed by atoms with Crippen molar-refractivity contribution in [1.82, 2.24) is 0 Å². The molecule has 2 heteroatoms. The van der Waals surface area contributed by atoms with Gasteiger partial charge in [0.25, 0.3) is 0 Å². The zero-order valence-corrected chi connectivity index (χ0v) is 8.49. The normalized spacial score (nSPS) is 11.1. The molecule has 0 atom stereocenters. The molecule has 0 aliphatic heterocycles. The summed E-state index contributed by atoms with van der Waals surface area (Å²) in [7, 11) is 0. The Morgan fingerprint density at radius 2 is 2.00 bits per heavy atom. The first kappa shape index (κ1) is 10.5. The quantitative estimate of drug-likeness (QED) is 0.541. The average Bonchev–Trinajstić information content (AvgIpc) is 2.19. The fourth-order valence-electron chi connectivity index (χ4n) is 1.15. The lowest BCUT2D eigenvalue weighted by Gasteiger charge is -2.00. The molecule has 0 unspecified atom stereocenters. The van der Waals surface area contributed by atoms with E-state index in [4.69, 9.17) is 4.74 Å². The van der Waals surface area contributed by atoms with Gasteiger partial charge in [0, 0.05) is 6.08 Å². The summed E-state index contributed by atoms with van der Waals surface area (Å²) in [5.74, 6) is -0.283. The Morgan fingerprint density at radius 1 is 1.36 bits per heavy atom. The minimum absolute atomic E-state index is 0.283. The predicted molar refractivity (Wildman–Crippen MR) is 56.7 cm³/mol. The van der Waals surface area contributed by atoms with Crippen molar-refractivity contribution >= 4 is 11.5 Å². The van der Waals surface area contributed by atoms with E-state index in [0.29, 0.717) is 6.61 Å². The summed E-state index contributed by atoms with van der Waals surface area (Å²) in [6, 6.07) is 9.76. The number of esters is 1. The SMILES string of the molecule is CCOC(=O)/C=C(/C)c1ccccc1. The molecule has 0 aliphatic rings. The maximum atomic E-state index is 11.1. The summed E-state index contributed by atoms with van der Waals surface area (Å²) >= 11 is 0. The van der Waals surface area contributed by atoms with Crippen LogP contribution >= 0.6 is 0 Å². The molecule has 0 aromatic heterocycles. The van der Waals surface area contributed by atoms with Crippen molar-refractivity contribution in [1.29, 1.82) is 0 Å². The van der Waals surface area contributed by atoms with Crippen LogP contribution in [0.5, 0.6) is 0 Å². The van der Waals surface area contributed by atoms with Gasteiger partial charge in [-0.2, -0.15) is 0 Å². The third-order valence-electron chi connectivity index (χ3n) is 1.85. The molecular formula is C12H14O2. The van der Waals surface area contributed by atoms with Gasteiger partial charge in [0.2, 0.25) is 0 Å². The number of hydrogen-bond acceptors (Lipinski definition) is 2. The Morgan fingerprint density at radius 3 is 2.57 bits per heavy atom. The van der Waals surface area contributed by atoms with E-state index in [9.17, 15) is 4.79 Å². The Labute approximate surface area is 84.2 Å². The Balaban J connectivity index is 2.75. The van der Waals surface area contributed by atoms with E-state index >= 15 is 0 Å². The number of ether oxygens (including phenoxy) is 1. The van der Waals surface area contributed by atoms with Gasteiger partial charge < -0.3 is 4.74 Å². The van der Waals surface area contributed by atoms with E-state index in [1.54, 1.807) is 6.92 Å². The van der Waals surface area contributed by atoms with Crippen LogP contribution in [0.2, 0.25) is 0 Å². The minimum atomic E-state index is -0.283. The number of carbonyl (C=O) groups is 1. The molecule has 0 N–H and O–H groups in total. The third-order valence-corrected chi connectivity index (χ3v) is 1.85. The van der Waals surface area contributed by atoms with Gasteiger partial charge in [0.15, 0.2) is 0 Å². The van der Waals surface area contributed by atoms with E-state index in [0.717, 1.165) is 11.1 Å². The van der Waals surface area contributed by atoms with Crippen molar-refractivity contribution in [2.75, 3.05) is 6.61 Å². The van der Waals surface area contributed by atoms with Crippen LogP contribution in [-0.2, 0) is 9.53 Å². The third kappa shape index (κ3) is 3.05. The molecular weight excluding hydrogens is 176 g/mol. The zero-order valence-electron chi connectivity index (χ0n) is 8.49. The van der Waals surface area contributed by atoms with Gasteiger partial charge in [0.1, 0.15) is 0 Å². The van der Waals surface area contributed by atoms with Gasteiger partial charge in [-0.05, 0) is 25.0 Å². The maximum Gasteiger partial charge on any atom is 0.331 e. The molecule has 14 heavy (non-hydrogen) atoms. The van der Waals surface area contributed by atoms with Gasteiger partial charge in [0.05, 0.1) is 6.61 Å². The van der Waals surface area contributed by atoms with E-state index in [2.05, 4.69) is 0 Å². The molecule has 0 radical (unpaired) electrons. The van der Waals surface area contributed by atoms with Crippen molar-refractivity contribution in [2.45, 2.75) is 13.8 Å². The van der Waals surface area contributed by atoms with Crippen LogP contribution < -0.4 is 0 Å². The fraction of sp³-hybridized carbons (Fsp3) is 0.250. The number of allylic oxidation sites excluding steroid dienone is 1. The smallest absolute Gasteiger partial charge is 0.331 e. The van der Waals surface area contributed by atoms with Gasteiger partial charge >= 0.3 is 5.97 Å². The highest BCUT2D eigenvalue weighted by Gasteiger charge is 1.99. The van der Waals surface area contributed by atoms with Gasteiger partial charge in [-0.3, -0.25) is 0 Å². The lowest BCUT2D eigenvalue weighted by atomic mass is 10.1. The van der Waals surface area contributed by atoms with Crippen LogP contribution in [0.25, 0.3) is 5.57 Å². The maximum absolute atomic E-state index is 11.1.